The highest BCUT2D eigenvalue weighted by atomic mass is 16.5. The third kappa shape index (κ3) is 3.47. The lowest BCUT2D eigenvalue weighted by Gasteiger charge is -2.38. The van der Waals surface area contributed by atoms with Gasteiger partial charge in [-0.25, -0.2) is 0 Å². The number of nitrogens with two attached hydrogens (primary N) is 1. The minimum absolute atomic E-state index is 0.266. The molecule has 0 aromatic carbocycles. The molecule has 1 atom stereocenters. The fourth-order valence-electron chi connectivity index (χ4n) is 4.22. The third-order valence-electron chi connectivity index (χ3n) is 5.70. The standard InChI is InChI=1S/C19H27N5O/c1-23-12-16(18(22-23)15-3-2-6-21-11-15)13-24-7-4-19(5-8-24)9-17(10-20)25-14-19/h2-3,6,11-12,17H,4-5,7-10,13-14,20H2,1H3. The minimum atomic E-state index is 0.266. The molecule has 0 saturated carbocycles. The maximum Gasteiger partial charge on any atom is 0.0983 e. The monoisotopic (exact) mass is 341 g/mol. The van der Waals surface area contributed by atoms with Gasteiger partial charge in [0, 0.05) is 49.9 Å². The number of likely N-dealkylation sites (tertiary alicyclic amines) is 1. The number of piperidine rings is 1. The van der Waals surface area contributed by atoms with Crippen LogP contribution < -0.4 is 5.73 Å². The number of hydrogen-bond acceptors (Lipinski definition) is 5. The lowest BCUT2D eigenvalue weighted by Crippen LogP contribution is -2.40. The van der Waals surface area contributed by atoms with Crippen molar-refractivity contribution >= 4 is 0 Å². The van der Waals surface area contributed by atoms with E-state index in [9.17, 15) is 0 Å². The highest BCUT2D eigenvalue weighted by Gasteiger charge is 2.41. The van der Waals surface area contributed by atoms with Crippen molar-refractivity contribution in [3.63, 3.8) is 0 Å². The summed E-state index contributed by atoms with van der Waals surface area (Å²) in [5, 5.41) is 4.65. The molecule has 25 heavy (non-hydrogen) atoms. The van der Waals surface area contributed by atoms with E-state index in [0.29, 0.717) is 12.0 Å². The summed E-state index contributed by atoms with van der Waals surface area (Å²) in [5.74, 6) is 0. The van der Waals surface area contributed by atoms with E-state index in [-0.39, 0.29) is 6.10 Å². The van der Waals surface area contributed by atoms with Gasteiger partial charge in [-0.15, -0.1) is 0 Å². The Kier molecular flexibility index (Phi) is 4.58. The van der Waals surface area contributed by atoms with Crippen molar-refractivity contribution in [2.24, 2.45) is 18.2 Å². The van der Waals surface area contributed by atoms with E-state index < -0.39 is 0 Å². The Morgan fingerprint density at radius 2 is 2.20 bits per heavy atom. The average molecular weight is 341 g/mol. The Bertz CT molecular complexity index is 706. The van der Waals surface area contributed by atoms with Crippen molar-refractivity contribution in [2.75, 3.05) is 26.2 Å². The number of rotatable bonds is 4. The van der Waals surface area contributed by atoms with Gasteiger partial charge in [0.1, 0.15) is 0 Å². The van der Waals surface area contributed by atoms with E-state index in [1.807, 2.05) is 24.0 Å². The molecule has 2 N–H and O–H groups in total. The van der Waals surface area contributed by atoms with Crippen LogP contribution in [0.15, 0.2) is 30.7 Å². The Balaban J connectivity index is 1.43. The van der Waals surface area contributed by atoms with Crippen molar-refractivity contribution in [3.8, 4) is 11.3 Å². The lowest BCUT2D eigenvalue weighted by molar-refractivity contribution is 0.0649. The van der Waals surface area contributed by atoms with Crippen LogP contribution in [0, 0.1) is 5.41 Å². The van der Waals surface area contributed by atoms with E-state index in [4.69, 9.17) is 10.5 Å². The zero-order chi connectivity index (χ0) is 17.3. The summed E-state index contributed by atoms with van der Waals surface area (Å²) in [6.45, 7) is 4.70. The van der Waals surface area contributed by atoms with Crippen LogP contribution in [-0.4, -0.2) is 52.0 Å². The highest BCUT2D eigenvalue weighted by molar-refractivity contribution is 5.61. The lowest BCUT2D eigenvalue weighted by atomic mass is 9.76. The first kappa shape index (κ1) is 16.7. The maximum absolute atomic E-state index is 5.87. The molecule has 2 aliphatic heterocycles. The zero-order valence-electron chi connectivity index (χ0n) is 14.9. The van der Waals surface area contributed by atoms with Gasteiger partial charge in [-0.3, -0.25) is 14.6 Å². The van der Waals surface area contributed by atoms with Gasteiger partial charge in [0.15, 0.2) is 0 Å². The summed E-state index contributed by atoms with van der Waals surface area (Å²) in [4.78, 5) is 6.77. The van der Waals surface area contributed by atoms with Gasteiger partial charge in [-0.2, -0.15) is 5.10 Å². The molecule has 0 aliphatic carbocycles. The number of aromatic nitrogens is 3. The Hall–Kier alpha value is -1.76. The SMILES string of the molecule is Cn1cc(CN2CCC3(CC2)COC(CN)C3)c(-c2cccnc2)n1. The normalized spacial score (nSPS) is 23.4. The summed E-state index contributed by atoms with van der Waals surface area (Å²) >= 11 is 0. The van der Waals surface area contributed by atoms with E-state index in [1.165, 1.54) is 18.4 Å². The van der Waals surface area contributed by atoms with Gasteiger partial charge in [-0.05, 0) is 49.9 Å². The molecule has 1 spiro atoms. The van der Waals surface area contributed by atoms with Gasteiger partial charge >= 0.3 is 0 Å². The fourth-order valence-corrected chi connectivity index (χ4v) is 4.22. The minimum Gasteiger partial charge on any atom is -0.376 e. The first-order valence-electron chi connectivity index (χ1n) is 9.14. The first-order valence-corrected chi connectivity index (χ1v) is 9.14. The molecule has 1 unspecified atom stereocenters. The van der Waals surface area contributed by atoms with Crippen LogP contribution in [0.1, 0.15) is 24.8 Å². The van der Waals surface area contributed by atoms with Crippen LogP contribution in [0.5, 0.6) is 0 Å². The van der Waals surface area contributed by atoms with Crippen LogP contribution in [0.2, 0.25) is 0 Å². The molecule has 2 aromatic heterocycles. The quantitative estimate of drug-likeness (QED) is 0.918. The largest absolute Gasteiger partial charge is 0.376 e. The zero-order valence-corrected chi connectivity index (χ0v) is 14.9. The number of hydrogen-bond donors (Lipinski definition) is 1. The second kappa shape index (κ2) is 6.86. The van der Waals surface area contributed by atoms with E-state index in [0.717, 1.165) is 43.9 Å². The van der Waals surface area contributed by atoms with Gasteiger partial charge < -0.3 is 10.5 Å². The van der Waals surface area contributed by atoms with Crippen molar-refractivity contribution in [2.45, 2.75) is 31.9 Å². The number of nitrogens with zero attached hydrogens (tertiary/aromatic N) is 4. The van der Waals surface area contributed by atoms with Crippen LogP contribution in [0.3, 0.4) is 0 Å². The number of aryl methyl sites for hydroxylation is 1. The number of ether oxygens (including phenoxy) is 1. The molecule has 4 rings (SSSR count). The Labute approximate surface area is 149 Å². The maximum atomic E-state index is 5.87. The van der Waals surface area contributed by atoms with Gasteiger partial charge in [0.2, 0.25) is 0 Å². The highest BCUT2D eigenvalue weighted by Crippen LogP contribution is 2.42. The van der Waals surface area contributed by atoms with Crippen LogP contribution in [0.25, 0.3) is 11.3 Å². The molecule has 2 fully saturated rings. The molecule has 2 saturated heterocycles. The van der Waals surface area contributed by atoms with Crippen LogP contribution in [-0.2, 0) is 18.3 Å². The first-order chi connectivity index (χ1) is 12.2. The summed E-state index contributed by atoms with van der Waals surface area (Å²) in [5.41, 5.74) is 9.54. The predicted molar refractivity (Wildman–Crippen MR) is 96.8 cm³/mol. The van der Waals surface area contributed by atoms with Crippen molar-refractivity contribution in [3.05, 3.63) is 36.3 Å². The molecule has 2 aromatic rings. The van der Waals surface area contributed by atoms with Gasteiger partial charge in [0.05, 0.1) is 18.4 Å². The molecule has 6 nitrogen and oxygen atoms in total. The molecule has 2 aliphatic rings. The van der Waals surface area contributed by atoms with E-state index in [1.54, 1.807) is 6.20 Å². The molecule has 0 radical (unpaired) electrons. The Morgan fingerprint density at radius 3 is 2.88 bits per heavy atom. The summed E-state index contributed by atoms with van der Waals surface area (Å²) in [6.07, 6.45) is 9.62. The molecule has 0 amide bonds. The van der Waals surface area contributed by atoms with Crippen molar-refractivity contribution in [1.29, 1.82) is 0 Å². The second-order valence-electron chi connectivity index (χ2n) is 7.57. The van der Waals surface area contributed by atoms with Crippen LogP contribution in [0.4, 0.5) is 0 Å². The van der Waals surface area contributed by atoms with Crippen molar-refractivity contribution < 1.29 is 4.74 Å². The molecule has 0 bridgehead atoms. The van der Waals surface area contributed by atoms with E-state index in [2.05, 4.69) is 27.2 Å². The van der Waals surface area contributed by atoms with Gasteiger partial charge in [-0.1, -0.05) is 0 Å². The molecular weight excluding hydrogens is 314 g/mol. The third-order valence-corrected chi connectivity index (χ3v) is 5.70. The predicted octanol–water partition coefficient (Wildman–Crippen LogP) is 1.81. The smallest absolute Gasteiger partial charge is 0.0983 e. The van der Waals surface area contributed by atoms with E-state index >= 15 is 0 Å². The average Bonchev–Trinajstić information content (AvgIpc) is 3.21. The Morgan fingerprint density at radius 1 is 1.36 bits per heavy atom. The molecular formula is C19H27N5O. The summed E-state index contributed by atoms with van der Waals surface area (Å²) in [7, 11) is 1.98. The molecule has 4 heterocycles. The van der Waals surface area contributed by atoms with Gasteiger partial charge in [0.25, 0.3) is 0 Å². The topological polar surface area (TPSA) is 69.2 Å². The summed E-state index contributed by atoms with van der Waals surface area (Å²) < 4.78 is 7.77. The number of pyridine rings is 1. The molecule has 6 heteroatoms. The fraction of sp³-hybridized carbons (Fsp3) is 0.579. The van der Waals surface area contributed by atoms with Crippen LogP contribution >= 0.6 is 0 Å². The summed E-state index contributed by atoms with van der Waals surface area (Å²) in [6, 6.07) is 4.04. The van der Waals surface area contributed by atoms with Crippen molar-refractivity contribution in [1.82, 2.24) is 19.7 Å². The second-order valence-corrected chi connectivity index (χ2v) is 7.57. The molecule has 134 valence electrons.